The number of nitrogens with zero attached hydrogens (tertiary/aromatic N) is 1. The van der Waals surface area contributed by atoms with Crippen LogP contribution >= 0.6 is 0 Å². The minimum atomic E-state index is -0.819. The van der Waals surface area contributed by atoms with Gasteiger partial charge >= 0.3 is 0 Å². The van der Waals surface area contributed by atoms with E-state index in [9.17, 15) is 10.0 Å². The summed E-state index contributed by atoms with van der Waals surface area (Å²) in [6, 6.07) is -0.711. The topological polar surface area (TPSA) is 113 Å². The summed E-state index contributed by atoms with van der Waals surface area (Å²) in [7, 11) is 0. The van der Waals surface area contributed by atoms with Crippen LogP contribution < -0.4 is 21.0 Å². The summed E-state index contributed by atoms with van der Waals surface area (Å²) in [5.41, 5.74) is 0. The molecule has 1 fully saturated rings. The van der Waals surface area contributed by atoms with Crippen molar-refractivity contribution in [2.24, 2.45) is 4.99 Å². The Bertz CT molecular complexity index is 368. The molecule has 0 bridgehead atoms. The lowest BCUT2D eigenvalue weighted by Gasteiger charge is -2.40. The molecule has 5 N–H and O–H groups in total. The van der Waals surface area contributed by atoms with E-state index >= 15 is 0 Å². The van der Waals surface area contributed by atoms with Gasteiger partial charge in [-0.05, 0) is 6.92 Å². The Hall–Kier alpha value is -1.48. The normalized spacial score (nSPS) is 33.2. The van der Waals surface area contributed by atoms with Crippen molar-refractivity contribution in [2.75, 3.05) is 6.54 Å². The van der Waals surface area contributed by atoms with Crippen molar-refractivity contribution in [1.29, 1.82) is 0 Å². The number of aliphatic hydroxyl groups is 1. The zero-order valence-electron chi connectivity index (χ0n) is 9.30. The van der Waals surface area contributed by atoms with Crippen molar-refractivity contribution in [1.82, 2.24) is 16.0 Å². The smallest absolute Gasteiger partial charge is 0.260 e. The average molecular weight is 241 g/mol. The van der Waals surface area contributed by atoms with Gasteiger partial charge in [-0.15, -0.1) is 0 Å². The molecule has 4 unspecified atom stereocenters. The summed E-state index contributed by atoms with van der Waals surface area (Å²) in [4.78, 5) is 15.6. The Morgan fingerprint density at radius 1 is 1.76 bits per heavy atom. The van der Waals surface area contributed by atoms with Crippen LogP contribution in [0.15, 0.2) is 17.4 Å². The van der Waals surface area contributed by atoms with Gasteiger partial charge in [-0.2, -0.15) is 0 Å². The quantitative estimate of drug-likeness (QED) is 0.330. The number of hydroxylamine groups is 2. The number of amides is 1. The van der Waals surface area contributed by atoms with E-state index in [-0.39, 0.29) is 23.4 Å². The van der Waals surface area contributed by atoms with E-state index in [4.69, 9.17) is 5.11 Å². The Labute approximate surface area is 98.0 Å². The van der Waals surface area contributed by atoms with E-state index in [2.05, 4.69) is 20.9 Å². The van der Waals surface area contributed by atoms with Crippen molar-refractivity contribution in [2.45, 2.75) is 25.4 Å². The monoisotopic (exact) mass is 241 g/mol. The predicted molar refractivity (Wildman–Crippen MR) is 59.4 cm³/mol. The molecular weight excluding hydrogens is 226 g/mol. The van der Waals surface area contributed by atoms with Crippen LogP contribution in [-0.4, -0.2) is 41.8 Å². The van der Waals surface area contributed by atoms with Crippen LogP contribution in [0.5, 0.6) is 0 Å². The van der Waals surface area contributed by atoms with Crippen LogP contribution in [0.3, 0.4) is 0 Å². The summed E-state index contributed by atoms with van der Waals surface area (Å²) in [6.07, 6.45) is 1.54. The van der Waals surface area contributed by atoms with Crippen LogP contribution in [0, 0.1) is 5.21 Å². The molecule has 2 heterocycles. The number of rotatable bonds is 3. The van der Waals surface area contributed by atoms with Gasteiger partial charge in [-0.25, -0.2) is 10.3 Å². The molecule has 8 nitrogen and oxygen atoms in total. The second-order valence-corrected chi connectivity index (χ2v) is 3.99. The molecule has 0 aromatic carbocycles. The van der Waals surface area contributed by atoms with Gasteiger partial charge in [-0.1, -0.05) is 0 Å². The van der Waals surface area contributed by atoms with Crippen LogP contribution in [0.25, 0.3) is 0 Å². The second kappa shape index (κ2) is 4.80. The molecule has 0 aromatic rings. The first-order valence-electron chi connectivity index (χ1n) is 5.34. The first-order valence-corrected chi connectivity index (χ1v) is 5.34. The molecule has 1 saturated heterocycles. The van der Waals surface area contributed by atoms with Crippen LogP contribution in [0.1, 0.15) is 6.92 Å². The van der Waals surface area contributed by atoms with E-state index in [0.717, 1.165) is 0 Å². The molecule has 94 valence electrons. The van der Waals surface area contributed by atoms with E-state index in [0.29, 0.717) is 0 Å². The molecular formula is C9H15N5O3. The second-order valence-electron chi connectivity index (χ2n) is 3.99. The van der Waals surface area contributed by atoms with Gasteiger partial charge in [-0.3, -0.25) is 15.2 Å². The number of aliphatic hydroxyl groups excluding tert-OH is 1. The zero-order valence-corrected chi connectivity index (χ0v) is 9.30. The third kappa shape index (κ3) is 2.44. The number of carbonyl (C=O) groups is 1. The van der Waals surface area contributed by atoms with E-state index in [1.54, 1.807) is 6.92 Å². The van der Waals surface area contributed by atoms with Crippen LogP contribution in [0.2, 0.25) is 0 Å². The molecule has 0 aliphatic carbocycles. The SMILES string of the molecule is CC(O)CNC1NC(=O)C2NC=CN=C2[NH+]1[O-]. The fourth-order valence-electron chi connectivity index (χ4n) is 1.69. The summed E-state index contributed by atoms with van der Waals surface area (Å²) in [5.74, 6) is -0.116. The number of fused-ring (bicyclic) bond motifs is 1. The number of quaternary nitrogens is 1. The van der Waals surface area contributed by atoms with Gasteiger partial charge in [0, 0.05) is 18.9 Å². The first kappa shape index (κ1) is 12.0. The maximum Gasteiger partial charge on any atom is 0.260 e. The lowest BCUT2D eigenvalue weighted by Crippen LogP contribution is -3.21. The molecule has 0 aromatic heterocycles. The minimum Gasteiger partial charge on any atom is -0.625 e. The number of amidine groups is 1. The van der Waals surface area contributed by atoms with E-state index in [1.165, 1.54) is 12.4 Å². The van der Waals surface area contributed by atoms with Crippen molar-refractivity contribution in [3.05, 3.63) is 17.6 Å². The lowest BCUT2D eigenvalue weighted by molar-refractivity contribution is -0.791. The number of hydrogen-bond donors (Lipinski definition) is 5. The van der Waals surface area contributed by atoms with Gasteiger partial charge in [0.2, 0.25) is 18.2 Å². The molecule has 8 heteroatoms. The average Bonchev–Trinajstić information content (AvgIpc) is 2.32. The Kier molecular flexibility index (Phi) is 3.38. The van der Waals surface area contributed by atoms with Crippen LogP contribution in [-0.2, 0) is 4.79 Å². The third-order valence-corrected chi connectivity index (χ3v) is 2.51. The summed E-state index contributed by atoms with van der Waals surface area (Å²) in [5, 5.41) is 28.9. The summed E-state index contributed by atoms with van der Waals surface area (Å²) in [6.45, 7) is 1.81. The van der Waals surface area contributed by atoms with E-state index < -0.39 is 18.4 Å². The Morgan fingerprint density at radius 2 is 2.53 bits per heavy atom. The highest BCUT2D eigenvalue weighted by atomic mass is 16.5. The summed E-state index contributed by atoms with van der Waals surface area (Å²) >= 11 is 0. The Balaban J connectivity index is 2.08. The minimum absolute atomic E-state index is 0.194. The molecule has 0 spiro atoms. The van der Waals surface area contributed by atoms with Crippen molar-refractivity contribution < 1.29 is 15.0 Å². The largest absolute Gasteiger partial charge is 0.625 e. The maximum atomic E-state index is 12.0. The maximum absolute atomic E-state index is 12.0. The summed E-state index contributed by atoms with van der Waals surface area (Å²) < 4.78 is 0. The molecule has 0 radical (unpaired) electrons. The third-order valence-electron chi connectivity index (χ3n) is 2.51. The van der Waals surface area contributed by atoms with E-state index in [1.807, 2.05) is 0 Å². The Morgan fingerprint density at radius 3 is 3.24 bits per heavy atom. The lowest BCUT2D eigenvalue weighted by atomic mass is 10.2. The molecule has 1 amide bonds. The fraction of sp³-hybridized carbons (Fsp3) is 0.556. The fourth-order valence-corrected chi connectivity index (χ4v) is 1.69. The molecule has 0 saturated carbocycles. The molecule has 4 atom stereocenters. The molecule has 2 aliphatic heterocycles. The van der Waals surface area contributed by atoms with Crippen molar-refractivity contribution >= 4 is 11.7 Å². The molecule has 17 heavy (non-hydrogen) atoms. The van der Waals surface area contributed by atoms with Crippen molar-refractivity contribution in [3.8, 4) is 0 Å². The van der Waals surface area contributed by atoms with Gasteiger partial charge < -0.3 is 15.6 Å². The van der Waals surface area contributed by atoms with Gasteiger partial charge in [0.25, 0.3) is 5.91 Å². The standard InChI is InChI=1S/C9H15N5O3/c1-5(15)4-12-9-13-8(16)6-7(14(9)17)11-3-2-10-6/h2-3,5-6,9-10,12,14-15H,4H2,1H3,(H,13,16). The highest BCUT2D eigenvalue weighted by Gasteiger charge is 2.40. The highest BCUT2D eigenvalue weighted by molar-refractivity contribution is 6.05. The molecule has 2 rings (SSSR count). The van der Waals surface area contributed by atoms with Gasteiger partial charge in [0.1, 0.15) is 0 Å². The molecule has 2 aliphatic rings. The predicted octanol–water partition coefficient (Wildman–Crippen LogP) is -3.41. The highest BCUT2D eigenvalue weighted by Crippen LogP contribution is 1.97. The van der Waals surface area contributed by atoms with Crippen LogP contribution in [0.4, 0.5) is 0 Å². The van der Waals surface area contributed by atoms with Gasteiger partial charge in [0.05, 0.1) is 6.10 Å². The number of nitrogens with one attached hydrogen (secondary N) is 4. The van der Waals surface area contributed by atoms with Gasteiger partial charge in [0.15, 0.2) is 0 Å². The number of hydrogen-bond acceptors (Lipinski definition) is 6. The number of carbonyl (C=O) groups excluding carboxylic acids is 1. The first-order chi connectivity index (χ1) is 8.09. The van der Waals surface area contributed by atoms with Crippen molar-refractivity contribution in [3.63, 3.8) is 0 Å². The zero-order chi connectivity index (χ0) is 12.4. The number of aliphatic imine (C=N–C) groups is 1.